The third-order valence-electron chi connectivity index (χ3n) is 6.06. The number of para-hydroxylation sites is 1. The molecule has 0 saturated carbocycles. The molecule has 0 saturated heterocycles. The van der Waals surface area contributed by atoms with Crippen molar-refractivity contribution in [1.82, 2.24) is 0 Å². The Labute approximate surface area is 238 Å². The van der Waals surface area contributed by atoms with E-state index in [9.17, 15) is 35.4 Å². The first-order valence-electron chi connectivity index (χ1n) is 12.0. The summed E-state index contributed by atoms with van der Waals surface area (Å²) in [6.07, 6.45) is 0. The smallest absolute Gasteiger partial charge is 0.271 e. The van der Waals surface area contributed by atoms with Crippen LogP contribution in [0.5, 0.6) is 0 Å². The molecule has 4 rings (SSSR count). The lowest BCUT2D eigenvalue weighted by Crippen LogP contribution is -2.38. The predicted molar refractivity (Wildman–Crippen MR) is 154 cm³/mol. The van der Waals surface area contributed by atoms with Crippen LogP contribution in [0.25, 0.3) is 0 Å². The van der Waals surface area contributed by atoms with E-state index in [-0.39, 0.29) is 8.61 Å². The van der Waals surface area contributed by atoms with Crippen molar-refractivity contribution in [3.8, 4) is 0 Å². The minimum atomic E-state index is -4.99. The van der Waals surface area contributed by atoms with Crippen molar-refractivity contribution in [2.24, 2.45) is 0 Å². The van der Waals surface area contributed by atoms with Crippen LogP contribution < -0.4 is 8.43 Å². The molecule has 0 atom stereocenters. The van der Waals surface area contributed by atoms with Crippen LogP contribution in [-0.2, 0) is 30.1 Å². The number of nitrogens with zero attached hydrogens (tertiary/aromatic N) is 2. The summed E-state index contributed by atoms with van der Waals surface area (Å²) < 4.78 is 84.9. The van der Waals surface area contributed by atoms with Gasteiger partial charge in [0.05, 0.1) is 19.6 Å². The lowest BCUT2D eigenvalue weighted by atomic mass is 10.2. The second-order valence-corrected chi connectivity index (χ2v) is 14.7. The molecule has 0 unspecified atom stereocenters. The first-order valence-corrected chi connectivity index (χ1v) is 16.3. The summed E-state index contributed by atoms with van der Waals surface area (Å²) in [4.78, 5) is 9.95. The maximum absolute atomic E-state index is 14.0. The van der Waals surface area contributed by atoms with E-state index in [0.29, 0.717) is 11.1 Å². The maximum atomic E-state index is 14.0. The Balaban J connectivity index is 2.04. The summed E-state index contributed by atoms with van der Waals surface area (Å²) in [7, 11) is -14.5. The van der Waals surface area contributed by atoms with Gasteiger partial charge in [0.1, 0.15) is 5.69 Å². The number of anilines is 2. The van der Waals surface area contributed by atoms with Gasteiger partial charge in [-0.1, -0.05) is 59.2 Å². The van der Waals surface area contributed by atoms with Crippen molar-refractivity contribution >= 4 is 47.1 Å². The standard InChI is InChI=1S/C27H25N3O8S3/c1-19-7-13-22(14-8-19)39(33,34)28-27-25(29(31)32)5-4-6-26(27)30(40(35,36)23-15-9-20(2)10-16-23)41(37,38)24-17-11-21(3)12-18-24/h4-18,28H,1-3H3. The van der Waals surface area contributed by atoms with Gasteiger partial charge in [-0.05, 0) is 63.2 Å². The minimum Gasteiger partial charge on any atom is -0.271 e. The highest BCUT2D eigenvalue weighted by Gasteiger charge is 2.40. The van der Waals surface area contributed by atoms with E-state index in [1.807, 2.05) is 0 Å². The van der Waals surface area contributed by atoms with Crippen molar-refractivity contribution in [2.45, 2.75) is 35.5 Å². The Morgan fingerprint density at radius 2 is 1.00 bits per heavy atom. The van der Waals surface area contributed by atoms with E-state index in [1.54, 1.807) is 20.8 Å². The Bertz CT molecular complexity index is 1860. The van der Waals surface area contributed by atoms with E-state index in [0.717, 1.165) is 23.8 Å². The summed E-state index contributed by atoms with van der Waals surface area (Å²) in [5.41, 5.74) is -0.352. The molecule has 4 aromatic rings. The highest BCUT2D eigenvalue weighted by atomic mass is 32.3. The predicted octanol–water partition coefficient (Wildman–Crippen LogP) is 4.91. The number of hydrogen-bond acceptors (Lipinski definition) is 8. The fourth-order valence-corrected chi connectivity index (χ4v) is 8.65. The molecule has 11 nitrogen and oxygen atoms in total. The largest absolute Gasteiger partial charge is 0.295 e. The highest BCUT2D eigenvalue weighted by molar-refractivity contribution is 8.10. The lowest BCUT2D eigenvalue weighted by molar-refractivity contribution is -0.383. The molecule has 14 heteroatoms. The van der Waals surface area contributed by atoms with Crippen molar-refractivity contribution in [3.63, 3.8) is 0 Å². The van der Waals surface area contributed by atoms with Crippen molar-refractivity contribution in [1.29, 1.82) is 0 Å². The van der Waals surface area contributed by atoms with Gasteiger partial charge in [0.15, 0.2) is 5.69 Å². The van der Waals surface area contributed by atoms with Gasteiger partial charge < -0.3 is 0 Å². The number of rotatable bonds is 9. The fraction of sp³-hybridized carbons (Fsp3) is 0.111. The van der Waals surface area contributed by atoms with Gasteiger partial charge in [0.2, 0.25) is 0 Å². The second-order valence-electron chi connectivity index (χ2n) is 9.18. The molecule has 0 amide bonds. The molecule has 0 bridgehead atoms. The monoisotopic (exact) mass is 615 g/mol. The SMILES string of the molecule is Cc1ccc(S(=O)(=O)Nc2c(N(S(=O)(=O)c3ccc(C)cc3)S(=O)(=O)c3ccc(C)cc3)cccc2[N+](=O)[O-])cc1. The molecule has 0 aliphatic rings. The molecule has 0 fully saturated rings. The summed E-state index contributed by atoms with van der Waals surface area (Å²) in [6, 6.07) is 19.1. The zero-order valence-corrected chi connectivity index (χ0v) is 24.5. The molecule has 4 aromatic carbocycles. The van der Waals surface area contributed by atoms with Gasteiger partial charge in [0.25, 0.3) is 35.8 Å². The zero-order chi connectivity index (χ0) is 30.2. The number of benzene rings is 4. The molecule has 0 heterocycles. The van der Waals surface area contributed by atoms with Crippen LogP contribution in [0.2, 0.25) is 0 Å². The van der Waals surface area contributed by atoms with E-state index >= 15 is 0 Å². The first kappa shape index (κ1) is 29.7. The molecular weight excluding hydrogens is 591 g/mol. The molecule has 0 radical (unpaired) electrons. The van der Waals surface area contributed by atoms with Crippen molar-refractivity contribution < 1.29 is 30.2 Å². The topological polar surface area (TPSA) is 161 Å². The van der Waals surface area contributed by atoms with Crippen LogP contribution >= 0.6 is 0 Å². The van der Waals surface area contributed by atoms with E-state index in [4.69, 9.17) is 0 Å². The van der Waals surface area contributed by atoms with Crippen LogP contribution in [0.1, 0.15) is 16.7 Å². The molecule has 0 aromatic heterocycles. The van der Waals surface area contributed by atoms with Gasteiger partial charge >= 0.3 is 0 Å². The van der Waals surface area contributed by atoms with Crippen LogP contribution in [0.3, 0.4) is 0 Å². The number of sulfonamides is 3. The van der Waals surface area contributed by atoms with Gasteiger partial charge in [-0.2, -0.15) is 3.71 Å². The summed E-state index contributed by atoms with van der Waals surface area (Å²) >= 11 is 0. The number of nitro benzene ring substituents is 1. The average Bonchev–Trinajstić information content (AvgIpc) is 2.90. The van der Waals surface area contributed by atoms with Gasteiger partial charge in [0, 0.05) is 6.07 Å². The van der Waals surface area contributed by atoms with Crippen LogP contribution in [-0.4, -0.2) is 30.2 Å². The third kappa shape index (κ3) is 5.94. The molecule has 214 valence electrons. The van der Waals surface area contributed by atoms with Crippen molar-refractivity contribution in [2.75, 3.05) is 8.43 Å². The number of hydrogen-bond donors (Lipinski definition) is 1. The van der Waals surface area contributed by atoms with E-state index in [2.05, 4.69) is 4.72 Å². The Morgan fingerprint density at radius 1 is 0.610 bits per heavy atom. The quantitative estimate of drug-likeness (QED) is 0.205. The van der Waals surface area contributed by atoms with E-state index < -0.39 is 61.8 Å². The normalized spacial score (nSPS) is 12.1. The van der Waals surface area contributed by atoms with Gasteiger partial charge in [-0.25, -0.2) is 25.3 Å². The highest BCUT2D eigenvalue weighted by Crippen LogP contribution is 2.41. The van der Waals surface area contributed by atoms with Crippen LogP contribution in [0.4, 0.5) is 17.1 Å². The first-order chi connectivity index (χ1) is 19.1. The molecule has 0 aliphatic carbocycles. The summed E-state index contributed by atoms with van der Waals surface area (Å²) in [6.45, 7) is 5.14. The Morgan fingerprint density at radius 3 is 1.39 bits per heavy atom. The maximum Gasteiger partial charge on any atom is 0.295 e. The van der Waals surface area contributed by atoms with Crippen LogP contribution in [0.15, 0.2) is 106 Å². The average molecular weight is 616 g/mol. The molecule has 0 aliphatic heterocycles. The number of nitrogens with one attached hydrogen (secondary N) is 1. The molecule has 0 spiro atoms. The summed E-state index contributed by atoms with van der Waals surface area (Å²) in [5, 5.41) is 12.0. The number of aryl methyl sites for hydroxylation is 3. The van der Waals surface area contributed by atoms with Gasteiger partial charge in [-0.15, -0.1) is 0 Å². The third-order valence-corrected chi connectivity index (χ3v) is 11.6. The van der Waals surface area contributed by atoms with E-state index in [1.165, 1.54) is 72.8 Å². The van der Waals surface area contributed by atoms with Crippen molar-refractivity contribution in [3.05, 3.63) is 118 Å². The van der Waals surface area contributed by atoms with Crippen LogP contribution in [0, 0.1) is 30.9 Å². The van der Waals surface area contributed by atoms with Gasteiger partial charge in [-0.3, -0.25) is 14.8 Å². The lowest BCUT2D eigenvalue weighted by Gasteiger charge is -2.26. The minimum absolute atomic E-state index is 0.0231. The molecular formula is C27H25N3O8S3. The Kier molecular flexibility index (Phi) is 7.94. The Hall–Kier alpha value is -4.27. The molecule has 1 N–H and O–H groups in total. The zero-order valence-electron chi connectivity index (χ0n) is 22.0. The molecule has 41 heavy (non-hydrogen) atoms. The fourth-order valence-electron chi connectivity index (χ4n) is 3.85. The summed E-state index contributed by atoms with van der Waals surface area (Å²) in [5.74, 6) is 0. The number of nitro groups is 1. The second kappa shape index (κ2) is 11.0.